The molecule has 7 N–H and O–H groups in total. The first-order valence-electron chi connectivity index (χ1n) is 12.7. The SMILES string of the molecule is C[C@H](/C=C/[C@H](C)CO)[C@H]1[C@@H](O)[C@H](O)[C@@H]2[C@]1(C)CC[C@@H]1[C@@]3(C)CC[C@H](O)[C@H](O)[C@@H]3[C@H](O)C[C@]12O. The Kier molecular flexibility index (Phi) is 6.61. The van der Waals surface area contributed by atoms with Crippen LogP contribution in [0.5, 0.6) is 0 Å². The zero-order valence-electron chi connectivity index (χ0n) is 20.4. The predicted molar refractivity (Wildman–Crippen MR) is 123 cm³/mol. The van der Waals surface area contributed by atoms with Gasteiger partial charge in [-0.25, -0.2) is 0 Å². The van der Waals surface area contributed by atoms with Gasteiger partial charge in [0.1, 0.15) is 0 Å². The predicted octanol–water partition coefficient (Wildman–Crippen LogP) is 0.825. The van der Waals surface area contributed by atoms with Gasteiger partial charge in [-0.2, -0.15) is 0 Å². The Morgan fingerprint density at radius 3 is 2.12 bits per heavy atom. The van der Waals surface area contributed by atoms with E-state index in [0.717, 1.165) is 0 Å². The summed E-state index contributed by atoms with van der Waals surface area (Å²) in [6.07, 6.45) is 1.29. The van der Waals surface area contributed by atoms with Crippen LogP contribution in [0, 0.1) is 46.3 Å². The fourth-order valence-electron chi connectivity index (χ4n) is 9.10. The zero-order valence-corrected chi connectivity index (χ0v) is 20.4. The minimum atomic E-state index is -1.38. The summed E-state index contributed by atoms with van der Waals surface area (Å²) in [5, 5.41) is 76.3. The molecule has 190 valence electrons. The second-order valence-corrected chi connectivity index (χ2v) is 12.4. The lowest BCUT2D eigenvalue weighted by atomic mass is 9.41. The lowest BCUT2D eigenvalue weighted by Crippen LogP contribution is -2.71. The monoisotopic (exact) mass is 468 g/mol. The van der Waals surface area contributed by atoms with E-state index in [1.807, 2.05) is 32.9 Å². The first-order chi connectivity index (χ1) is 15.3. The maximum atomic E-state index is 12.3. The number of aliphatic hydroxyl groups excluding tert-OH is 6. The van der Waals surface area contributed by atoms with Gasteiger partial charge in [0, 0.05) is 24.9 Å². The molecule has 0 heterocycles. The van der Waals surface area contributed by atoms with Crippen LogP contribution in [0.25, 0.3) is 0 Å². The highest BCUT2D eigenvalue weighted by Crippen LogP contribution is 2.69. The molecule has 0 amide bonds. The molecule has 0 unspecified atom stereocenters. The number of fused-ring (bicyclic) bond motifs is 5. The van der Waals surface area contributed by atoms with Crippen molar-refractivity contribution in [2.75, 3.05) is 6.61 Å². The molecule has 4 rings (SSSR count). The van der Waals surface area contributed by atoms with Gasteiger partial charge in [-0.15, -0.1) is 0 Å². The molecule has 4 saturated carbocycles. The van der Waals surface area contributed by atoms with Crippen LogP contribution in [0.15, 0.2) is 12.2 Å². The van der Waals surface area contributed by atoms with Gasteiger partial charge in [-0.1, -0.05) is 39.8 Å². The molecule has 7 nitrogen and oxygen atoms in total. The molecule has 4 aliphatic carbocycles. The number of hydrogen-bond acceptors (Lipinski definition) is 7. The Morgan fingerprint density at radius 2 is 1.48 bits per heavy atom. The van der Waals surface area contributed by atoms with Gasteiger partial charge in [0.25, 0.3) is 0 Å². The summed E-state index contributed by atoms with van der Waals surface area (Å²) >= 11 is 0. The van der Waals surface area contributed by atoms with Gasteiger partial charge >= 0.3 is 0 Å². The molecule has 0 aromatic rings. The highest BCUT2D eigenvalue weighted by atomic mass is 16.3. The molecular weight excluding hydrogens is 424 g/mol. The van der Waals surface area contributed by atoms with Gasteiger partial charge in [-0.3, -0.25) is 0 Å². The van der Waals surface area contributed by atoms with Crippen molar-refractivity contribution in [3.05, 3.63) is 12.2 Å². The standard InChI is InChI=1S/C26H44O7/c1-13(12-27)5-6-14(2)18-21(31)22(32)23-25(18,4)10-8-17-24(3)9-7-15(28)20(30)19(24)16(29)11-26(17,23)33/h5-6,13-23,27-33H,7-12H2,1-4H3/b6-5+/t13-,14+,15-,16+,17+,18-,19-,20-,21+,22-,23+,24+,25+,26-/m0/s1. The third kappa shape index (κ3) is 3.57. The lowest BCUT2D eigenvalue weighted by molar-refractivity contribution is -0.280. The third-order valence-corrected chi connectivity index (χ3v) is 10.5. The Morgan fingerprint density at radius 1 is 0.848 bits per heavy atom. The summed E-state index contributed by atoms with van der Waals surface area (Å²) in [6, 6.07) is 0. The number of allylic oxidation sites excluding steroid dienone is 1. The van der Waals surface area contributed by atoms with Crippen molar-refractivity contribution >= 4 is 0 Å². The van der Waals surface area contributed by atoms with E-state index < -0.39 is 58.8 Å². The Balaban J connectivity index is 1.71. The summed E-state index contributed by atoms with van der Waals surface area (Å²) < 4.78 is 0. The molecular formula is C26H44O7. The van der Waals surface area contributed by atoms with E-state index in [2.05, 4.69) is 6.92 Å². The summed E-state index contributed by atoms with van der Waals surface area (Å²) in [7, 11) is 0. The topological polar surface area (TPSA) is 142 Å². The highest BCUT2D eigenvalue weighted by Gasteiger charge is 2.73. The molecule has 0 aliphatic heterocycles. The molecule has 0 radical (unpaired) electrons. The van der Waals surface area contributed by atoms with Crippen molar-refractivity contribution in [1.29, 1.82) is 0 Å². The van der Waals surface area contributed by atoms with E-state index in [1.165, 1.54) is 0 Å². The quantitative estimate of drug-likeness (QED) is 0.303. The molecule has 0 saturated heterocycles. The van der Waals surface area contributed by atoms with E-state index in [4.69, 9.17) is 0 Å². The molecule has 33 heavy (non-hydrogen) atoms. The zero-order chi connectivity index (χ0) is 24.5. The van der Waals surface area contributed by atoms with Crippen molar-refractivity contribution in [2.45, 2.75) is 95.9 Å². The summed E-state index contributed by atoms with van der Waals surface area (Å²) in [5.41, 5.74) is -2.49. The van der Waals surface area contributed by atoms with E-state index in [9.17, 15) is 35.7 Å². The van der Waals surface area contributed by atoms with Gasteiger partial charge in [-0.05, 0) is 60.2 Å². The normalized spacial score (nSPS) is 56.2. The maximum absolute atomic E-state index is 12.3. The Hall–Kier alpha value is -0.540. The van der Waals surface area contributed by atoms with Crippen LogP contribution in [-0.2, 0) is 0 Å². The van der Waals surface area contributed by atoms with E-state index in [0.29, 0.717) is 25.7 Å². The maximum Gasteiger partial charge on any atom is 0.0863 e. The molecule has 4 fully saturated rings. The third-order valence-electron chi connectivity index (χ3n) is 10.5. The summed E-state index contributed by atoms with van der Waals surface area (Å²) in [4.78, 5) is 0. The van der Waals surface area contributed by atoms with Crippen LogP contribution in [-0.4, -0.2) is 78.5 Å². The molecule has 0 aromatic carbocycles. The van der Waals surface area contributed by atoms with Gasteiger partial charge in [0.15, 0.2) is 0 Å². The fourth-order valence-corrected chi connectivity index (χ4v) is 9.10. The average molecular weight is 469 g/mol. The smallest absolute Gasteiger partial charge is 0.0863 e. The van der Waals surface area contributed by atoms with Crippen LogP contribution in [0.2, 0.25) is 0 Å². The lowest BCUT2D eigenvalue weighted by Gasteiger charge is -2.66. The van der Waals surface area contributed by atoms with Crippen molar-refractivity contribution < 1.29 is 35.7 Å². The fraction of sp³-hybridized carbons (Fsp3) is 0.923. The number of rotatable bonds is 4. The van der Waals surface area contributed by atoms with Crippen molar-refractivity contribution in [1.82, 2.24) is 0 Å². The van der Waals surface area contributed by atoms with Crippen LogP contribution in [0.3, 0.4) is 0 Å². The minimum Gasteiger partial charge on any atom is -0.396 e. The second-order valence-electron chi connectivity index (χ2n) is 12.4. The van der Waals surface area contributed by atoms with Crippen LogP contribution in [0.1, 0.15) is 59.8 Å². The minimum absolute atomic E-state index is 0.00195. The Bertz CT molecular complexity index is 759. The van der Waals surface area contributed by atoms with Crippen molar-refractivity contribution in [3.63, 3.8) is 0 Å². The molecule has 0 bridgehead atoms. The molecule has 4 aliphatic rings. The average Bonchev–Trinajstić information content (AvgIpc) is 2.94. The molecule has 14 atom stereocenters. The van der Waals surface area contributed by atoms with Gasteiger partial charge in [0.2, 0.25) is 0 Å². The molecule has 0 aromatic heterocycles. The van der Waals surface area contributed by atoms with Crippen molar-refractivity contribution in [2.24, 2.45) is 46.3 Å². The first kappa shape index (κ1) is 25.5. The van der Waals surface area contributed by atoms with Crippen LogP contribution < -0.4 is 0 Å². The van der Waals surface area contributed by atoms with Gasteiger partial charge < -0.3 is 35.7 Å². The summed E-state index contributed by atoms with van der Waals surface area (Å²) in [5.74, 6) is -1.73. The Labute approximate surface area is 197 Å². The molecule has 0 spiro atoms. The van der Waals surface area contributed by atoms with Crippen LogP contribution >= 0.6 is 0 Å². The van der Waals surface area contributed by atoms with Crippen LogP contribution in [0.4, 0.5) is 0 Å². The number of aliphatic hydroxyl groups is 7. The van der Waals surface area contributed by atoms with E-state index in [-0.39, 0.29) is 36.7 Å². The van der Waals surface area contributed by atoms with Gasteiger partial charge in [0.05, 0.1) is 36.1 Å². The van der Waals surface area contributed by atoms with E-state index in [1.54, 1.807) is 0 Å². The number of hydrogen-bond donors (Lipinski definition) is 7. The largest absolute Gasteiger partial charge is 0.396 e. The molecule has 7 heteroatoms. The first-order valence-corrected chi connectivity index (χ1v) is 12.7. The highest BCUT2D eigenvalue weighted by molar-refractivity contribution is 5.23. The summed E-state index contributed by atoms with van der Waals surface area (Å²) in [6.45, 7) is 8.02. The van der Waals surface area contributed by atoms with Crippen molar-refractivity contribution in [3.8, 4) is 0 Å². The van der Waals surface area contributed by atoms with E-state index >= 15 is 0 Å². The second kappa shape index (κ2) is 8.54.